The molecule has 2 aromatic carbocycles. The van der Waals surface area contributed by atoms with Gasteiger partial charge in [-0.1, -0.05) is 49.2 Å². The van der Waals surface area contributed by atoms with E-state index in [2.05, 4.69) is 27.0 Å². The lowest BCUT2D eigenvalue weighted by molar-refractivity contribution is 0.0791. The summed E-state index contributed by atoms with van der Waals surface area (Å²) in [5.74, 6) is 2.32. The number of halogens is 2. The zero-order valence-electron chi connectivity index (χ0n) is 21.1. The Kier molecular flexibility index (Phi) is 13.0. The van der Waals surface area contributed by atoms with Crippen molar-refractivity contribution in [1.29, 1.82) is 0 Å². The zero-order valence-corrected chi connectivity index (χ0v) is 22.6. The first-order valence-electron chi connectivity index (χ1n) is 12.1. The van der Waals surface area contributed by atoms with Gasteiger partial charge in [-0.2, -0.15) is 0 Å². The van der Waals surface area contributed by atoms with Gasteiger partial charge in [0.05, 0.1) is 13.2 Å². The molecule has 0 unspecified atom stereocenters. The normalized spacial score (nSPS) is 10.3. The summed E-state index contributed by atoms with van der Waals surface area (Å²) in [7, 11) is 0. The Labute approximate surface area is 224 Å². The monoisotopic (exact) mass is 531 g/mol. The van der Waals surface area contributed by atoms with Crippen LogP contribution >= 0.6 is 23.2 Å². The van der Waals surface area contributed by atoms with Gasteiger partial charge in [-0.05, 0) is 66.4 Å². The predicted molar refractivity (Wildman–Crippen MR) is 149 cm³/mol. The molecule has 194 valence electrons. The molecule has 7 heteroatoms. The number of benzene rings is 2. The van der Waals surface area contributed by atoms with Gasteiger partial charge < -0.3 is 19.1 Å². The van der Waals surface area contributed by atoms with Gasteiger partial charge in [-0.15, -0.1) is 13.2 Å². The van der Waals surface area contributed by atoms with Gasteiger partial charge in [0.15, 0.2) is 0 Å². The van der Waals surface area contributed by atoms with Gasteiger partial charge in [0.1, 0.15) is 28.3 Å². The molecule has 0 radical (unpaired) electrons. The summed E-state index contributed by atoms with van der Waals surface area (Å²) >= 11 is 11.3. The van der Waals surface area contributed by atoms with Crippen LogP contribution in [-0.2, 0) is 12.8 Å². The van der Waals surface area contributed by atoms with E-state index >= 15 is 0 Å². The third kappa shape index (κ3) is 9.29. The van der Waals surface area contributed by atoms with Crippen LogP contribution in [0.4, 0.5) is 0 Å². The lowest BCUT2D eigenvalue weighted by atomic mass is 10.0. The molecule has 2 rings (SSSR count). The third-order valence-electron chi connectivity index (χ3n) is 5.36. The summed E-state index contributed by atoms with van der Waals surface area (Å²) < 4.78 is 17.9. The Hall–Kier alpha value is -2.89. The number of aryl methyl sites for hydroxylation is 2. The van der Waals surface area contributed by atoms with E-state index < -0.39 is 0 Å². The van der Waals surface area contributed by atoms with E-state index in [0.717, 1.165) is 41.9 Å². The molecule has 0 aliphatic carbocycles. The molecule has 2 aromatic rings. The fourth-order valence-corrected chi connectivity index (χ4v) is 3.69. The van der Waals surface area contributed by atoms with Gasteiger partial charge in [-0.3, -0.25) is 4.79 Å². The minimum atomic E-state index is -0.0658. The van der Waals surface area contributed by atoms with Crippen molar-refractivity contribution in [2.45, 2.75) is 33.1 Å². The quantitative estimate of drug-likeness (QED) is 0.170. The van der Waals surface area contributed by atoms with E-state index in [4.69, 9.17) is 37.4 Å². The fraction of sp³-hybridized carbons (Fsp3) is 0.345. The van der Waals surface area contributed by atoms with Gasteiger partial charge >= 0.3 is 0 Å². The Morgan fingerprint density at radius 2 is 1.47 bits per heavy atom. The number of carbonyl (C=O) groups excluding carboxylic acids is 1. The highest BCUT2D eigenvalue weighted by atomic mass is 35.5. The Balaban J connectivity index is 1.89. The van der Waals surface area contributed by atoms with Crippen LogP contribution < -0.4 is 14.2 Å². The molecule has 0 aromatic heterocycles. The average Bonchev–Trinajstić information content (AvgIpc) is 2.88. The number of ether oxygens (including phenoxy) is 3. The summed E-state index contributed by atoms with van der Waals surface area (Å²) in [4.78, 5) is 14.3. The second-order valence-electron chi connectivity index (χ2n) is 7.94. The number of carbonyl (C=O) groups is 1. The van der Waals surface area contributed by atoms with Crippen molar-refractivity contribution in [3.8, 4) is 17.2 Å². The Bertz CT molecular complexity index is 995. The van der Waals surface area contributed by atoms with E-state index in [1.807, 2.05) is 24.3 Å². The maximum absolute atomic E-state index is 12.6. The van der Waals surface area contributed by atoms with Crippen LogP contribution in [0.25, 0.3) is 0 Å². The summed E-state index contributed by atoms with van der Waals surface area (Å²) in [5, 5.41) is 0. The minimum Gasteiger partial charge on any atom is -0.493 e. The van der Waals surface area contributed by atoms with Crippen molar-refractivity contribution in [3.63, 3.8) is 0 Å². The summed E-state index contributed by atoms with van der Waals surface area (Å²) in [6.07, 6.45) is 7.38. The van der Waals surface area contributed by atoms with Crippen LogP contribution in [-0.4, -0.2) is 43.7 Å². The van der Waals surface area contributed by atoms with Crippen molar-refractivity contribution >= 4 is 29.1 Å². The first-order valence-corrected chi connectivity index (χ1v) is 12.8. The van der Waals surface area contributed by atoms with E-state index in [0.29, 0.717) is 44.2 Å². The third-order valence-corrected chi connectivity index (χ3v) is 5.67. The summed E-state index contributed by atoms with van der Waals surface area (Å²) in [6.45, 7) is 13.9. The molecule has 0 bridgehead atoms. The first-order chi connectivity index (χ1) is 17.4. The van der Waals surface area contributed by atoms with Crippen molar-refractivity contribution in [3.05, 3.63) is 89.0 Å². The Morgan fingerprint density at radius 1 is 0.889 bits per heavy atom. The maximum atomic E-state index is 12.6. The van der Waals surface area contributed by atoms with Gasteiger partial charge in [0.25, 0.3) is 5.91 Å². The van der Waals surface area contributed by atoms with Crippen molar-refractivity contribution in [1.82, 2.24) is 4.90 Å². The Morgan fingerprint density at radius 3 is 2.00 bits per heavy atom. The van der Waals surface area contributed by atoms with Gasteiger partial charge in [0.2, 0.25) is 0 Å². The highest BCUT2D eigenvalue weighted by molar-refractivity contribution is 6.55. The first kappa shape index (κ1) is 29.3. The average molecular weight is 533 g/mol. The van der Waals surface area contributed by atoms with Crippen LogP contribution in [0, 0.1) is 0 Å². The standard InChI is InChI=1S/C29H35Cl2NO4/c1-5-15-32(16-6-2)29(33)24-10-12-25(13-11-24)34-17-9-18-36-28-22(7-3)20-26(21-23(28)8-4)35-19-14-27(30)31/h5-6,10-14,20-21H,1-2,7-9,15-19H2,3-4H3. The molecular formula is C29H35Cl2NO4. The number of nitrogens with zero attached hydrogens (tertiary/aromatic N) is 1. The number of hydrogen-bond donors (Lipinski definition) is 0. The number of rotatable bonds is 16. The van der Waals surface area contributed by atoms with Crippen LogP contribution in [0.1, 0.15) is 41.8 Å². The van der Waals surface area contributed by atoms with Crippen molar-refractivity contribution < 1.29 is 19.0 Å². The molecule has 0 atom stereocenters. The van der Waals surface area contributed by atoms with Crippen LogP contribution in [0.3, 0.4) is 0 Å². The van der Waals surface area contributed by atoms with Crippen LogP contribution in [0.2, 0.25) is 0 Å². The van der Waals surface area contributed by atoms with Crippen molar-refractivity contribution in [2.24, 2.45) is 0 Å². The number of amides is 1. The molecular weight excluding hydrogens is 497 g/mol. The summed E-state index contributed by atoms with van der Waals surface area (Å²) in [5.41, 5.74) is 2.78. The van der Waals surface area contributed by atoms with Gasteiger partial charge in [-0.25, -0.2) is 0 Å². The molecule has 0 fully saturated rings. The second kappa shape index (κ2) is 16.0. The van der Waals surface area contributed by atoms with E-state index in [-0.39, 0.29) is 10.4 Å². The largest absolute Gasteiger partial charge is 0.493 e. The molecule has 36 heavy (non-hydrogen) atoms. The van der Waals surface area contributed by atoms with E-state index in [1.165, 1.54) is 0 Å². The molecule has 0 saturated heterocycles. The molecule has 0 aliphatic heterocycles. The second-order valence-corrected chi connectivity index (χ2v) is 8.95. The molecule has 0 aliphatic rings. The molecule has 1 amide bonds. The summed E-state index contributed by atoms with van der Waals surface area (Å²) in [6, 6.07) is 11.2. The lowest BCUT2D eigenvalue weighted by Crippen LogP contribution is -2.31. The van der Waals surface area contributed by atoms with E-state index in [1.54, 1.807) is 35.3 Å². The molecule has 0 heterocycles. The smallest absolute Gasteiger partial charge is 0.254 e. The maximum Gasteiger partial charge on any atom is 0.254 e. The van der Waals surface area contributed by atoms with Gasteiger partial charge in [0, 0.05) is 25.1 Å². The predicted octanol–water partition coefficient (Wildman–Crippen LogP) is 7.17. The lowest BCUT2D eigenvalue weighted by Gasteiger charge is -2.19. The molecule has 5 nitrogen and oxygen atoms in total. The van der Waals surface area contributed by atoms with Crippen LogP contribution in [0.5, 0.6) is 17.2 Å². The van der Waals surface area contributed by atoms with Crippen LogP contribution in [0.15, 0.2) is 72.3 Å². The molecule has 0 saturated carbocycles. The highest BCUT2D eigenvalue weighted by Gasteiger charge is 2.14. The van der Waals surface area contributed by atoms with Crippen molar-refractivity contribution in [2.75, 3.05) is 32.9 Å². The number of hydrogen-bond acceptors (Lipinski definition) is 4. The van der Waals surface area contributed by atoms with E-state index in [9.17, 15) is 4.79 Å². The zero-order chi connectivity index (χ0) is 26.3. The SMILES string of the molecule is C=CCN(CC=C)C(=O)c1ccc(OCCCOc2c(CC)cc(OCC=C(Cl)Cl)cc2CC)cc1. The minimum absolute atomic E-state index is 0.0658. The highest BCUT2D eigenvalue weighted by Crippen LogP contribution is 2.31. The fourth-order valence-electron chi connectivity index (χ4n) is 3.57. The molecule has 0 N–H and O–H groups in total. The topological polar surface area (TPSA) is 48.0 Å². The molecule has 0 spiro atoms.